The second-order valence-electron chi connectivity index (χ2n) is 5.42. The molecule has 0 aliphatic rings. The lowest BCUT2D eigenvalue weighted by molar-refractivity contribution is 0.240. The second kappa shape index (κ2) is 7.04. The van der Waals surface area contributed by atoms with Gasteiger partial charge in [-0.25, -0.2) is 0 Å². The van der Waals surface area contributed by atoms with E-state index in [1.165, 1.54) is 0 Å². The van der Waals surface area contributed by atoms with Crippen molar-refractivity contribution >= 4 is 15.9 Å². The molecule has 0 saturated carbocycles. The molecule has 1 heterocycles. The Labute approximate surface area is 133 Å². The fourth-order valence-electron chi connectivity index (χ4n) is 1.90. The lowest BCUT2D eigenvalue weighted by atomic mass is 10.1. The van der Waals surface area contributed by atoms with Gasteiger partial charge in [0.05, 0.1) is 0 Å². The summed E-state index contributed by atoms with van der Waals surface area (Å²) in [6, 6.07) is 5.94. The number of benzene rings is 1. The highest BCUT2D eigenvalue weighted by atomic mass is 79.9. The molecule has 1 unspecified atom stereocenters. The lowest BCUT2D eigenvalue weighted by Crippen LogP contribution is -2.18. The molecule has 1 atom stereocenters. The summed E-state index contributed by atoms with van der Waals surface area (Å²) < 4.78 is 12.0. The third-order valence-corrected chi connectivity index (χ3v) is 3.41. The Morgan fingerprint density at radius 1 is 1.33 bits per heavy atom. The van der Waals surface area contributed by atoms with Crippen LogP contribution in [0.3, 0.4) is 0 Å². The van der Waals surface area contributed by atoms with Gasteiger partial charge in [-0.05, 0) is 37.1 Å². The van der Waals surface area contributed by atoms with Crippen LogP contribution in [-0.2, 0) is 13.0 Å². The molecule has 0 saturated heterocycles. The molecule has 21 heavy (non-hydrogen) atoms. The van der Waals surface area contributed by atoms with Crippen molar-refractivity contribution in [1.82, 2.24) is 10.1 Å². The number of halogens is 1. The predicted molar refractivity (Wildman–Crippen MR) is 84.2 cm³/mol. The Balaban J connectivity index is 2.08. The quantitative estimate of drug-likeness (QED) is 0.860. The van der Waals surface area contributed by atoms with E-state index in [1.807, 2.05) is 39.0 Å². The van der Waals surface area contributed by atoms with Gasteiger partial charge in [-0.1, -0.05) is 34.9 Å². The Bertz CT molecular complexity index is 596. The number of hydrogen-bond donors (Lipinski definition) is 1. The molecule has 0 amide bonds. The van der Waals surface area contributed by atoms with Crippen molar-refractivity contribution in [1.29, 1.82) is 0 Å². The Morgan fingerprint density at radius 3 is 2.71 bits per heavy atom. The highest BCUT2D eigenvalue weighted by molar-refractivity contribution is 9.10. The van der Waals surface area contributed by atoms with Crippen molar-refractivity contribution in [2.75, 3.05) is 0 Å². The van der Waals surface area contributed by atoms with Crippen LogP contribution in [0.1, 0.15) is 44.0 Å². The predicted octanol–water partition coefficient (Wildman–Crippen LogP) is 3.42. The maximum Gasteiger partial charge on any atom is 0.264 e. The van der Waals surface area contributed by atoms with Gasteiger partial charge in [0.25, 0.3) is 5.89 Å². The van der Waals surface area contributed by atoms with Crippen molar-refractivity contribution in [2.24, 2.45) is 5.73 Å². The van der Waals surface area contributed by atoms with Gasteiger partial charge >= 0.3 is 0 Å². The highest BCUT2D eigenvalue weighted by Gasteiger charge is 2.12. The van der Waals surface area contributed by atoms with Gasteiger partial charge in [-0.15, -0.1) is 0 Å². The Kier molecular flexibility index (Phi) is 5.36. The summed E-state index contributed by atoms with van der Waals surface area (Å²) in [5.41, 5.74) is 6.93. The smallest absolute Gasteiger partial charge is 0.264 e. The average Bonchev–Trinajstić information content (AvgIpc) is 2.86. The first-order chi connectivity index (χ1) is 9.95. The van der Waals surface area contributed by atoms with Crippen LogP contribution in [0.4, 0.5) is 0 Å². The van der Waals surface area contributed by atoms with Crippen LogP contribution in [0.5, 0.6) is 5.75 Å². The summed E-state index contributed by atoms with van der Waals surface area (Å²) in [6.07, 6.45) is 0.746. The zero-order valence-corrected chi connectivity index (χ0v) is 14.1. The molecule has 2 N–H and O–H groups in total. The van der Waals surface area contributed by atoms with E-state index in [4.69, 9.17) is 15.0 Å². The SMILES string of the molecule is CC(N)Cc1cc(Br)ccc1OCc1nc(C(C)C)no1. The van der Waals surface area contributed by atoms with Crippen LogP contribution in [-0.4, -0.2) is 16.2 Å². The molecule has 0 bridgehead atoms. The molecule has 114 valence electrons. The van der Waals surface area contributed by atoms with Crippen molar-refractivity contribution in [2.45, 2.75) is 45.8 Å². The molecule has 2 rings (SSSR count). The number of nitrogens with zero attached hydrogens (tertiary/aromatic N) is 2. The average molecular weight is 354 g/mol. The molecule has 6 heteroatoms. The van der Waals surface area contributed by atoms with E-state index in [1.54, 1.807) is 0 Å². The molecule has 0 fully saturated rings. The summed E-state index contributed by atoms with van der Waals surface area (Å²) in [5, 5.41) is 3.92. The van der Waals surface area contributed by atoms with E-state index >= 15 is 0 Å². The Hall–Kier alpha value is -1.40. The van der Waals surface area contributed by atoms with Gasteiger partial charge < -0.3 is 15.0 Å². The highest BCUT2D eigenvalue weighted by Crippen LogP contribution is 2.25. The van der Waals surface area contributed by atoms with Crippen LogP contribution >= 0.6 is 15.9 Å². The standard InChI is InChI=1S/C15H20BrN3O2/c1-9(2)15-18-14(21-19-15)8-20-13-5-4-12(16)7-11(13)6-10(3)17/h4-5,7,9-10H,6,8,17H2,1-3H3. The van der Waals surface area contributed by atoms with Crippen LogP contribution in [0.15, 0.2) is 27.2 Å². The molecule has 5 nitrogen and oxygen atoms in total. The minimum absolute atomic E-state index is 0.0672. The van der Waals surface area contributed by atoms with Gasteiger partial charge in [0.15, 0.2) is 12.4 Å². The number of rotatable bonds is 6. The number of hydrogen-bond acceptors (Lipinski definition) is 5. The molecular formula is C15H20BrN3O2. The fraction of sp³-hybridized carbons (Fsp3) is 0.467. The van der Waals surface area contributed by atoms with Gasteiger partial charge in [0.1, 0.15) is 5.75 Å². The first kappa shape index (κ1) is 16.0. The third kappa shape index (κ3) is 4.54. The molecule has 0 spiro atoms. The summed E-state index contributed by atoms with van der Waals surface area (Å²) in [4.78, 5) is 4.30. The summed E-state index contributed by atoms with van der Waals surface area (Å²) in [5.74, 6) is 2.21. The molecule has 0 radical (unpaired) electrons. The van der Waals surface area contributed by atoms with E-state index in [0.29, 0.717) is 11.7 Å². The van der Waals surface area contributed by atoms with Crippen LogP contribution in [0.2, 0.25) is 0 Å². The minimum atomic E-state index is 0.0672. The van der Waals surface area contributed by atoms with Crippen LogP contribution < -0.4 is 10.5 Å². The van der Waals surface area contributed by atoms with Crippen LogP contribution in [0, 0.1) is 0 Å². The Morgan fingerprint density at radius 2 is 2.10 bits per heavy atom. The first-order valence-electron chi connectivity index (χ1n) is 6.95. The molecule has 0 aliphatic heterocycles. The van der Waals surface area contributed by atoms with Crippen LogP contribution in [0.25, 0.3) is 0 Å². The van der Waals surface area contributed by atoms with Crippen molar-refractivity contribution in [3.63, 3.8) is 0 Å². The van der Waals surface area contributed by atoms with Gasteiger partial charge in [-0.2, -0.15) is 4.98 Å². The topological polar surface area (TPSA) is 74.2 Å². The molecule has 1 aromatic heterocycles. The fourth-order valence-corrected chi connectivity index (χ4v) is 2.30. The summed E-state index contributed by atoms with van der Waals surface area (Å²) in [7, 11) is 0. The zero-order valence-electron chi connectivity index (χ0n) is 12.5. The number of ether oxygens (including phenoxy) is 1. The maximum absolute atomic E-state index is 5.88. The van der Waals surface area contributed by atoms with Crippen molar-refractivity contribution < 1.29 is 9.26 Å². The van der Waals surface area contributed by atoms with E-state index in [9.17, 15) is 0 Å². The minimum Gasteiger partial charge on any atom is -0.483 e. The maximum atomic E-state index is 5.88. The van der Waals surface area contributed by atoms with Crippen molar-refractivity contribution in [3.8, 4) is 5.75 Å². The normalized spacial score (nSPS) is 12.7. The molecule has 0 aliphatic carbocycles. The molecule has 2 aromatic rings. The lowest BCUT2D eigenvalue weighted by Gasteiger charge is -2.12. The van der Waals surface area contributed by atoms with E-state index in [2.05, 4.69) is 26.1 Å². The monoisotopic (exact) mass is 353 g/mol. The van der Waals surface area contributed by atoms with Gasteiger partial charge in [0, 0.05) is 16.4 Å². The van der Waals surface area contributed by atoms with E-state index in [0.717, 1.165) is 22.2 Å². The van der Waals surface area contributed by atoms with E-state index < -0.39 is 0 Å². The second-order valence-corrected chi connectivity index (χ2v) is 6.34. The number of nitrogens with two attached hydrogens (primary N) is 1. The van der Waals surface area contributed by atoms with Gasteiger partial charge in [-0.3, -0.25) is 0 Å². The molecule has 1 aromatic carbocycles. The van der Waals surface area contributed by atoms with Gasteiger partial charge in [0.2, 0.25) is 0 Å². The largest absolute Gasteiger partial charge is 0.483 e. The zero-order chi connectivity index (χ0) is 15.4. The van der Waals surface area contributed by atoms with Crippen molar-refractivity contribution in [3.05, 3.63) is 40.0 Å². The third-order valence-electron chi connectivity index (χ3n) is 2.92. The summed E-state index contributed by atoms with van der Waals surface area (Å²) in [6.45, 7) is 6.26. The summed E-state index contributed by atoms with van der Waals surface area (Å²) >= 11 is 3.46. The van der Waals surface area contributed by atoms with E-state index in [-0.39, 0.29) is 18.6 Å². The first-order valence-corrected chi connectivity index (χ1v) is 7.74. The molecular weight excluding hydrogens is 334 g/mol. The number of aromatic nitrogens is 2.